The van der Waals surface area contributed by atoms with E-state index in [0.29, 0.717) is 6.42 Å². The highest BCUT2D eigenvalue weighted by molar-refractivity contribution is 5.80. The number of allylic oxidation sites excluding steroid dienone is 3. The van der Waals surface area contributed by atoms with Crippen LogP contribution in [0, 0.1) is 0 Å². The number of carbonyl (C=O) groups is 1. The van der Waals surface area contributed by atoms with E-state index in [1.54, 1.807) is 6.08 Å². The molecule has 0 heterocycles. The molecule has 0 aromatic heterocycles. The molecule has 4 N–H and O–H groups in total. The van der Waals surface area contributed by atoms with E-state index in [-0.39, 0.29) is 6.61 Å². The van der Waals surface area contributed by atoms with Crippen molar-refractivity contribution in [3.05, 3.63) is 24.3 Å². The van der Waals surface area contributed by atoms with Crippen molar-refractivity contribution in [2.45, 2.75) is 295 Å². The SMILES string of the molecule is CCCCCCCCCCCC/C=C\CCCCCCCCC(O)C(=O)NC(CO)C(O)/C=C/CCCCCCCCCCCCCCCCCCCCCCC. The minimum Gasteiger partial charge on any atom is -0.394 e. The zero-order valence-corrected chi connectivity index (χ0v) is 38.5. The highest BCUT2D eigenvalue weighted by Gasteiger charge is 2.22. The van der Waals surface area contributed by atoms with Gasteiger partial charge in [-0.3, -0.25) is 4.79 Å². The Balaban J connectivity index is 3.61. The van der Waals surface area contributed by atoms with Crippen LogP contribution in [0.4, 0.5) is 0 Å². The fraction of sp³-hybridized carbons (Fsp3) is 0.904. The van der Waals surface area contributed by atoms with Gasteiger partial charge in [0.2, 0.25) is 5.91 Å². The average Bonchev–Trinajstić information content (AvgIpc) is 3.22. The predicted octanol–water partition coefficient (Wildman–Crippen LogP) is 15.3. The van der Waals surface area contributed by atoms with Crippen LogP contribution in [-0.4, -0.2) is 46.1 Å². The van der Waals surface area contributed by atoms with Crippen molar-refractivity contribution in [2.75, 3.05) is 6.61 Å². The Morgan fingerprint density at radius 1 is 0.421 bits per heavy atom. The first-order chi connectivity index (χ1) is 28.1. The van der Waals surface area contributed by atoms with Crippen LogP contribution in [-0.2, 0) is 4.79 Å². The lowest BCUT2D eigenvalue weighted by Crippen LogP contribution is -2.48. The Labute approximate surface area is 356 Å². The molecule has 338 valence electrons. The molecular formula is C52H101NO4. The molecule has 0 saturated heterocycles. The molecule has 0 saturated carbocycles. The quantitative estimate of drug-likeness (QED) is 0.0364. The maximum Gasteiger partial charge on any atom is 0.249 e. The van der Waals surface area contributed by atoms with Gasteiger partial charge in [-0.25, -0.2) is 0 Å². The van der Waals surface area contributed by atoms with Gasteiger partial charge in [0, 0.05) is 0 Å². The van der Waals surface area contributed by atoms with E-state index in [9.17, 15) is 20.1 Å². The van der Waals surface area contributed by atoms with Gasteiger partial charge in [-0.05, 0) is 44.9 Å². The van der Waals surface area contributed by atoms with E-state index in [1.165, 1.54) is 225 Å². The first-order valence-corrected chi connectivity index (χ1v) is 25.7. The number of rotatable bonds is 47. The third-order valence-corrected chi connectivity index (χ3v) is 12.0. The van der Waals surface area contributed by atoms with Crippen molar-refractivity contribution < 1.29 is 20.1 Å². The Morgan fingerprint density at radius 2 is 0.702 bits per heavy atom. The number of amides is 1. The summed E-state index contributed by atoms with van der Waals surface area (Å²) in [6.45, 7) is 4.21. The average molecular weight is 804 g/mol. The molecule has 3 unspecified atom stereocenters. The summed E-state index contributed by atoms with van der Waals surface area (Å²) in [5.74, 6) is -0.504. The van der Waals surface area contributed by atoms with Crippen LogP contribution in [0.1, 0.15) is 277 Å². The molecule has 1 amide bonds. The minimum absolute atomic E-state index is 0.363. The predicted molar refractivity (Wildman–Crippen MR) is 250 cm³/mol. The summed E-state index contributed by atoms with van der Waals surface area (Å²) in [5, 5.41) is 33.3. The van der Waals surface area contributed by atoms with Gasteiger partial charge in [0.1, 0.15) is 6.10 Å². The van der Waals surface area contributed by atoms with Crippen LogP contribution in [0.25, 0.3) is 0 Å². The highest BCUT2D eigenvalue weighted by Crippen LogP contribution is 2.17. The molecule has 0 spiro atoms. The van der Waals surface area contributed by atoms with Crippen molar-refractivity contribution >= 4 is 5.91 Å². The van der Waals surface area contributed by atoms with Gasteiger partial charge < -0.3 is 20.6 Å². The first-order valence-electron chi connectivity index (χ1n) is 25.7. The second-order valence-corrected chi connectivity index (χ2v) is 17.7. The maximum atomic E-state index is 12.5. The highest BCUT2D eigenvalue weighted by atomic mass is 16.3. The smallest absolute Gasteiger partial charge is 0.249 e. The lowest BCUT2D eigenvalue weighted by molar-refractivity contribution is -0.131. The van der Waals surface area contributed by atoms with Gasteiger partial charge in [0.25, 0.3) is 0 Å². The van der Waals surface area contributed by atoms with Crippen LogP contribution in [0.15, 0.2) is 24.3 Å². The molecule has 57 heavy (non-hydrogen) atoms. The minimum atomic E-state index is -1.10. The van der Waals surface area contributed by atoms with E-state index < -0.39 is 24.2 Å². The number of hydrogen-bond donors (Lipinski definition) is 4. The van der Waals surface area contributed by atoms with Crippen LogP contribution in [0.3, 0.4) is 0 Å². The summed E-state index contributed by atoms with van der Waals surface area (Å²) in [6, 6.07) is -0.799. The summed E-state index contributed by atoms with van der Waals surface area (Å²) < 4.78 is 0. The van der Waals surface area contributed by atoms with E-state index >= 15 is 0 Å². The third-order valence-electron chi connectivity index (χ3n) is 12.0. The molecule has 0 aromatic carbocycles. The number of aliphatic hydroxyl groups is 3. The number of aliphatic hydroxyl groups excluding tert-OH is 3. The molecule has 0 aliphatic carbocycles. The Kier molecular flexibility index (Phi) is 46.5. The van der Waals surface area contributed by atoms with E-state index in [1.807, 2.05) is 6.08 Å². The molecule has 0 aromatic rings. The molecule has 0 fully saturated rings. The summed E-state index contributed by atoms with van der Waals surface area (Å²) in [4.78, 5) is 12.5. The maximum absolute atomic E-state index is 12.5. The van der Waals surface area contributed by atoms with Gasteiger partial charge in [0.05, 0.1) is 18.8 Å². The van der Waals surface area contributed by atoms with Gasteiger partial charge in [-0.15, -0.1) is 0 Å². The number of hydrogen-bond acceptors (Lipinski definition) is 4. The van der Waals surface area contributed by atoms with E-state index in [0.717, 1.165) is 32.1 Å². The largest absolute Gasteiger partial charge is 0.394 e. The van der Waals surface area contributed by atoms with Crippen molar-refractivity contribution in [2.24, 2.45) is 0 Å². The third kappa shape index (κ3) is 42.8. The number of unbranched alkanes of at least 4 members (excludes halogenated alkanes) is 37. The van der Waals surface area contributed by atoms with Crippen molar-refractivity contribution in [3.8, 4) is 0 Å². The standard InChI is InChI=1S/C52H101NO4/c1-3-5-7-9-11-13-15-17-19-21-23-25-26-27-29-30-32-34-36-38-40-42-44-46-50(55)49(48-54)53-52(57)51(56)47-45-43-41-39-37-35-33-31-28-24-22-20-18-16-14-12-10-8-6-4-2/h28,31,44,46,49-51,54-56H,3-27,29-30,32-43,45,47-48H2,1-2H3,(H,53,57)/b31-28-,46-44+. The molecular weight excluding hydrogens is 703 g/mol. The van der Waals surface area contributed by atoms with Crippen molar-refractivity contribution in [3.63, 3.8) is 0 Å². The van der Waals surface area contributed by atoms with Crippen LogP contribution in [0.5, 0.6) is 0 Å². The van der Waals surface area contributed by atoms with Crippen LogP contribution in [0.2, 0.25) is 0 Å². The second kappa shape index (κ2) is 47.5. The summed E-state index contributed by atoms with van der Waals surface area (Å²) >= 11 is 0. The normalized spacial score (nSPS) is 13.6. The monoisotopic (exact) mass is 804 g/mol. The molecule has 0 rings (SSSR count). The Morgan fingerprint density at radius 3 is 1.02 bits per heavy atom. The van der Waals surface area contributed by atoms with Crippen LogP contribution >= 0.6 is 0 Å². The van der Waals surface area contributed by atoms with Gasteiger partial charge in [0.15, 0.2) is 0 Å². The first kappa shape index (κ1) is 55.8. The molecule has 3 atom stereocenters. The number of nitrogens with one attached hydrogen (secondary N) is 1. The van der Waals surface area contributed by atoms with Crippen molar-refractivity contribution in [1.82, 2.24) is 5.32 Å². The lowest BCUT2D eigenvalue weighted by atomic mass is 10.0. The zero-order valence-electron chi connectivity index (χ0n) is 38.5. The zero-order chi connectivity index (χ0) is 41.5. The van der Waals surface area contributed by atoms with Gasteiger partial charge in [-0.2, -0.15) is 0 Å². The lowest BCUT2D eigenvalue weighted by Gasteiger charge is -2.21. The molecule has 0 radical (unpaired) electrons. The molecule has 0 bridgehead atoms. The Hall–Kier alpha value is -1.17. The molecule has 5 nitrogen and oxygen atoms in total. The fourth-order valence-electron chi connectivity index (χ4n) is 8.01. The molecule has 0 aliphatic rings. The van der Waals surface area contributed by atoms with E-state index in [2.05, 4.69) is 31.3 Å². The van der Waals surface area contributed by atoms with Gasteiger partial charge >= 0.3 is 0 Å². The van der Waals surface area contributed by atoms with Crippen molar-refractivity contribution in [1.29, 1.82) is 0 Å². The Bertz CT molecular complexity index is 844. The van der Waals surface area contributed by atoms with Gasteiger partial charge in [-0.1, -0.05) is 256 Å². The summed E-state index contributed by atoms with van der Waals surface area (Å²) in [6.07, 6.45) is 59.5. The molecule has 5 heteroatoms. The van der Waals surface area contributed by atoms with E-state index in [4.69, 9.17) is 0 Å². The summed E-state index contributed by atoms with van der Waals surface area (Å²) in [7, 11) is 0. The van der Waals surface area contributed by atoms with Crippen LogP contribution < -0.4 is 5.32 Å². The number of carbonyl (C=O) groups excluding carboxylic acids is 1. The molecule has 0 aliphatic heterocycles. The fourth-order valence-corrected chi connectivity index (χ4v) is 8.01. The topological polar surface area (TPSA) is 89.8 Å². The summed E-state index contributed by atoms with van der Waals surface area (Å²) in [5.41, 5.74) is 0. The second-order valence-electron chi connectivity index (χ2n) is 17.7.